The molecule has 122 valence electrons. The third-order valence-electron chi connectivity index (χ3n) is 4.80. The van der Waals surface area contributed by atoms with Gasteiger partial charge < -0.3 is 5.32 Å². The number of hydrogen-bond acceptors (Lipinski definition) is 3. The van der Waals surface area contributed by atoms with Crippen molar-refractivity contribution < 1.29 is 4.79 Å². The van der Waals surface area contributed by atoms with Crippen LogP contribution in [0.15, 0.2) is 65.2 Å². The zero-order chi connectivity index (χ0) is 16.7. The molecule has 2 aromatic carbocycles. The van der Waals surface area contributed by atoms with E-state index in [0.29, 0.717) is 18.1 Å². The summed E-state index contributed by atoms with van der Waals surface area (Å²) in [5.41, 5.74) is 4.65. The SMILES string of the molecule is Cc1ccc([C@@H]2Sc3ccccc3NC3=C[C@H](C)CC(=O)[C@@H]32)cc1. The summed E-state index contributed by atoms with van der Waals surface area (Å²) < 4.78 is 0. The molecule has 0 aromatic heterocycles. The lowest BCUT2D eigenvalue weighted by atomic mass is 9.81. The van der Waals surface area contributed by atoms with Gasteiger partial charge in [-0.25, -0.2) is 0 Å². The van der Waals surface area contributed by atoms with Gasteiger partial charge in [0.1, 0.15) is 5.78 Å². The first-order valence-corrected chi connectivity index (χ1v) is 9.33. The highest BCUT2D eigenvalue weighted by atomic mass is 32.2. The van der Waals surface area contributed by atoms with Gasteiger partial charge in [-0.05, 0) is 30.5 Å². The van der Waals surface area contributed by atoms with Crippen LogP contribution in [-0.2, 0) is 4.79 Å². The number of nitrogens with one attached hydrogen (secondary N) is 1. The summed E-state index contributed by atoms with van der Waals surface area (Å²) in [6, 6.07) is 17.0. The van der Waals surface area contributed by atoms with Crippen molar-refractivity contribution in [2.75, 3.05) is 5.32 Å². The molecule has 0 radical (unpaired) electrons. The summed E-state index contributed by atoms with van der Waals surface area (Å²) in [6.07, 6.45) is 2.88. The molecule has 3 heteroatoms. The van der Waals surface area contributed by atoms with E-state index in [1.165, 1.54) is 16.0 Å². The number of fused-ring (bicyclic) bond motifs is 2. The van der Waals surface area contributed by atoms with E-state index in [-0.39, 0.29) is 11.2 Å². The van der Waals surface area contributed by atoms with E-state index in [0.717, 1.165) is 11.4 Å². The average Bonchev–Trinajstić information content (AvgIpc) is 2.72. The largest absolute Gasteiger partial charge is 0.358 e. The number of ketones is 1. The first-order valence-electron chi connectivity index (χ1n) is 8.45. The minimum Gasteiger partial charge on any atom is -0.358 e. The number of carbonyl (C=O) groups is 1. The summed E-state index contributed by atoms with van der Waals surface area (Å²) in [7, 11) is 0. The topological polar surface area (TPSA) is 29.1 Å². The first-order chi connectivity index (χ1) is 11.6. The van der Waals surface area contributed by atoms with Crippen molar-refractivity contribution in [3.63, 3.8) is 0 Å². The maximum atomic E-state index is 12.9. The number of carbonyl (C=O) groups excluding carboxylic acids is 1. The standard InChI is InChI=1S/C21H21NOS/c1-13-7-9-15(10-8-13)21-20-17(11-14(2)12-18(20)23)22-16-5-3-4-6-19(16)24-21/h3-11,14,20-22H,12H2,1-2H3/t14-,20+,21-/m0/s1. The second-order valence-electron chi connectivity index (χ2n) is 6.82. The number of para-hydroxylation sites is 1. The second kappa shape index (κ2) is 6.14. The van der Waals surface area contributed by atoms with Crippen molar-refractivity contribution in [3.8, 4) is 0 Å². The van der Waals surface area contributed by atoms with Crippen LogP contribution in [0.25, 0.3) is 0 Å². The number of Topliss-reactive ketones (excluding diaryl/α,β-unsaturated/α-hetero) is 1. The molecule has 0 amide bonds. The molecule has 2 nitrogen and oxygen atoms in total. The predicted octanol–water partition coefficient (Wildman–Crippen LogP) is 5.36. The van der Waals surface area contributed by atoms with Crippen LogP contribution in [0.2, 0.25) is 0 Å². The Morgan fingerprint density at radius 2 is 1.83 bits per heavy atom. The normalized spacial score (nSPS) is 25.8. The van der Waals surface area contributed by atoms with E-state index in [4.69, 9.17) is 0 Å². The zero-order valence-electron chi connectivity index (χ0n) is 14.0. The molecule has 4 rings (SSSR count). The third kappa shape index (κ3) is 2.78. The Morgan fingerprint density at radius 3 is 2.62 bits per heavy atom. The molecule has 0 spiro atoms. The molecule has 24 heavy (non-hydrogen) atoms. The highest BCUT2D eigenvalue weighted by Crippen LogP contribution is 2.51. The monoisotopic (exact) mass is 335 g/mol. The van der Waals surface area contributed by atoms with Crippen LogP contribution >= 0.6 is 11.8 Å². The molecule has 1 aliphatic carbocycles. The highest BCUT2D eigenvalue weighted by Gasteiger charge is 2.39. The second-order valence-corrected chi connectivity index (χ2v) is 8.00. The molecule has 1 heterocycles. The van der Waals surface area contributed by atoms with Gasteiger partial charge in [0.15, 0.2) is 0 Å². The summed E-state index contributed by atoms with van der Waals surface area (Å²) in [5.74, 6) is 0.546. The Kier molecular flexibility index (Phi) is 3.97. The number of allylic oxidation sites excluding steroid dienone is 2. The van der Waals surface area contributed by atoms with E-state index in [9.17, 15) is 4.79 Å². The van der Waals surface area contributed by atoms with Crippen molar-refractivity contribution >= 4 is 23.2 Å². The average molecular weight is 335 g/mol. The summed E-state index contributed by atoms with van der Waals surface area (Å²) in [4.78, 5) is 14.1. The Labute approximate surface area is 147 Å². The number of benzene rings is 2. The molecule has 0 bridgehead atoms. The molecule has 2 aliphatic rings. The summed E-state index contributed by atoms with van der Waals surface area (Å²) >= 11 is 1.80. The quantitative estimate of drug-likeness (QED) is 0.760. The van der Waals surface area contributed by atoms with Gasteiger partial charge in [0.05, 0.1) is 11.6 Å². The lowest BCUT2D eigenvalue weighted by molar-refractivity contribution is -0.122. The molecule has 0 unspecified atom stereocenters. The maximum Gasteiger partial charge on any atom is 0.143 e. The summed E-state index contributed by atoms with van der Waals surface area (Å²) in [5, 5.41) is 3.67. The molecular formula is C21H21NOS. The highest BCUT2D eigenvalue weighted by molar-refractivity contribution is 7.99. The minimum atomic E-state index is -0.0960. The lowest BCUT2D eigenvalue weighted by Gasteiger charge is -2.30. The van der Waals surface area contributed by atoms with Crippen LogP contribution < -0.4 is 5.32 Å². The van der Waals surface area contributed by atoms with E-state index in [1.807, 2.05) is 6.07 Å². The molecule has 0 saturated carbocycles. The van der Waals surface area contributed by atoms with Crippen LogP contribution in [0.5, 0.6) is 0 Å². The van der Waals surface area contributed by atoms with Crippen LogP contribution in [0.3, 0.4) is 0 Å². The van der Waals surface area contributed by atoms with Crippen molar-refractivity contribution in [2.24, 2.45) is 11.8 Å². The molecule has 0 fully saturated rings. The fourth-order valence-electron chi connectivity index (χ4n) is 3.59. The number of rotatable bonds is 1. The van der Waals surface area contributed by atoms with Gasteiger partial charge in [-0.2, -0.15) is 0 Å². The number of hydrogen-bond donors (Lipinski definition) is 1. The molecule has 2 aromatic rings. The predicted molar refractivity (Wildman–Crippen MR) is 100 cm³/mol. The third-order valence-corrected chi connectivity index (χ3v) is 6.21. The molecule has 0 saturated heterocycles. The van der Waals surface area contributed by atoms with E-state index >= 15 is 0 Å². The van der Waals surface area contributed by atoms with Gasteiger partial charge in [0.2, 0.25) is 0 Å². The van der Waals surface area contributed by atoms with Gasteiger partial charge in [-0.1, -0.05) is 55.0 Å². The van der Waals surface area contributed by atoms with Gasteiger partial charge in [-0.15, -0.1) is 11.8 Å². The number of aryl methyl sites for hydroxylation is 1. The molecule has 1 N–H and O–H groups in total. The molecule has 1 aliphatic heterocycles. The van der Waals surface area contributed by atoms with Crippen molar-refractivity contribution in [2.45, 2.75) is 30.4 Å². The van der Waals surface area contributed by atoms with Gasteiger partial charge >= 0.3 is 0 Å². The fourth-order valence-corrected chi connectivity index (χ4v) is 4.99. The van der Waals surface area contributed by atoms with Crippen LogP contribution in [0, 0.1) is 18.8 Å². The van der Waals surface area contributed by atoms with Gasteiger partial charge in [-0.3, -0.25) is 4.79 Å². The number of thioether (sulfide) groups is 1. The van der Waals surface area contributed by atoms with E-state index < -0.39 is 0 Å². The van der Waals surface area contributed by atoms with Gasteiger partial charge in [0, 0.05) is 22.3 Å². The first kappa shape index (κ1) is 15.5. The fraction of sp³-hybridized carbons (Fsp3) is 0.286. The summed E-state index contributed by atoms with van der Waals surface area (Å²) in [6.45, 7) is 4.22. The maximum absolute atomic E-state index is 12.9. The number of anilines is 1. The van der Waals surface area contributed by atoms with Gasteiger partial charge in [0.25, 0.3) is 0 Å². The Hall–Kier alpha value is -2.00. The van der Waals surface area contributed by atoms with Crippen molar-refractivity contribution in [1.29, 1.82) is 0 Å². The zero-order valence-corrected chi connectivity index (χ0v) is 14.8. The molecule has 3 atom stereocenters. The van der Waals surface area contributed by atoms with Crippen LogP contribution in [0.1, 0.15) is 29.7 Å². The van der Waals surface area contributed by atoms with Crippen LogP contribution in [-0.4, -0.2) is 5.78 Å². The van der Waals surface area contributed by atoms with Crippen LogP contribution in [0.4, 0.5) is 5.69 Å². The smallest absolute Gasteiger partial charge is 0.143 e. The van der Waals surface area contributed by atoms with Crippen molar-refractivity contribution in [1.82, 2.24) is 0 Å². The van der Waals surface area contributed by atoms with E-state index in [1.54, 1.807) is 11.8 Å². The minimum absolute atomic E-state index is 0.0960. The lowest BCUT2D eigenvalue weighted by Crippen LogP contribution is -2.30. The van der Waals surface area contributed by atoms with Crippen molar-refractivity contribution in [3.05, 3.63) is 71.4 Å². The Balaban J connectivity index is 1.85. The Morgan fingerprint density at radius 1 is 1.08 bits per heavy atom. The Bertz CT molecular complexity index is 809. The molecular weight excluding hydrogens is 314 g/mol. The van der Waals surface area contributed by atoms with E-state index in [2.05, 4.69) is 67.7 Å².